The number of halogens is 4. The standard InChI is InChI=1S/C10H9BrF3NO2/c1-2-17-9(16)3-6-5-15-8(4-7(6)11)10(12,13)14/h4-5H,2-3H2,1H3. The molecule has 0 radical (unpaired) electrons. The number of hydrogen-bond donors (Lipinski definition) is 0. The van der Waals surface area contributed by atoms with Gasteiger partial charge in [-0.2, -0.15) is 13.2 Å². The van der Waals surface area contributed by atoms with Gasteiger partial charge >= 0.3 is 12.1 Å². The molecule has 1 rings (SSSR count). The molecule has 1 heterocycles. The van der Waals surface area contributed by atoms with E-state index in [-0.39, 0.29) is 17.5 Å². The number of carbonyl (C=O) groups excluding carboxylic acids is 1. The molecule has 0 aliphatic heterocycles. The van der Waals surface area contributed by atoms with Gasteiger partial charge < -0.3 is 4.74 Å². The van der Waals surface area contributed by atoms with Crippen molar-refractivity contribution in [2.24, 2.45) is 0 Å². The van der Waals surface area contributed by atoms with Gasteiger partial charge in [0, 0.05) is 10.7 Å². The van der Waals surface area contributed by atoms with Crippen LogP contribution < -0.4 is 0 Å². The molecule has 1 aromatic heterocycles. The summed E-state index contributed by atoms with van der Waals surface area (Å²) in [5.41, 5.74) is -0.645. The summed E-state index contributed by atoms with van der Waals surface area (Å²) in [7, 11) is 0. The predicted octanol–water partition coefficient (Wildman–Crippen LogP) is 2.97. The minimum absolute atomic E-state index is 0.112. The van der Waals surface area contributed by atoms with Crippen molar-refractivity contribution in [2.45, 2.75) is 19.5 Å². The van der Waals surface area contributed by atoms with Crippen molar-refractivity contribution < 1.29 is 22.7 Å². The molecular formula is C10H9BrF3NO2. The fraction of sp³-hybridized carbons (Fsp3) is 0.400. The summed E-state index contributed by atoms with van der Waals surface area (Å²) in [5.74, 6) is -0.505. The van der Waals surface area contributed by atoms with E-state index < -0.39 is 17.8 Å². The van der Waals surface area contributed by atoms with Gasteiger partial charge in [-0.1, -0.05) is 15.9 Å². The smallest absolute Gasteiger partial charge is 0.433 e. The topological polar surface area (TPSA) is 39.2 Å². The van der Waals surface area contributed by atoms with Crippen LogP contribution in [0.1, 0.15) is 18.2 Å². The molecule has 94 valence electrons. The molecule has 0 aromatic carbocycles. The van der Waals surface area contributed by atoms with E-state index in [2.05, 4.69) is 25.7 Å². The molecule has 1 aromatic rings. The van der Waals surface area contributed by atoms with Crippen molar-refractivity contribution >= 4 is 21.9 Å². The van der Waals surface area contributed by atoms with Crippen LogP contribution in [0.4, 0.5) is 13.2 Å². The van der Waals surface area contributed by atoms with E-state index in [0.29, 0.717) is 5.56 Å². The zero-order valence-electron chi connectivity index (χ0n) is 8.84. The predicted molar refractivity (Wildman–Crippen MR) is 57.3 cm³/mol. The highest BCUT2D eigenvalue weighted by Gasteiger charge is 2.32. The van der Waals surface area contributed by atoms with Gasteiger partial charge in [0.25, 0.3) is 0 Å². The Morgan fingerprint density at radius 1 is 1.53 bits per heavy atom. The molecule has 0 saturated heterocycles. The minimum atomic E-state index is -4.50. The number of nitrogens with zero attached hydrogens (tertiary/aromatic N) is 1. The first-order valence-corrected chi connectivity index (χ1v) is 5.51. The van der Waals surface area contributed by atoms with Crippen molar-refractivity contribution in [3.8, 4) is 0 Å². The number of rotatable bonds is 3. The van der Waals surface area contributed by atoms with E-state index in [4.69, 9.17) is 0 Å². The summed E-state index contributed by atoms with van der Waals surface area (Å²) >= 11 is 2.97. The molecule has 0 spiro atoms. The van der Waals surface area contributed by atoms with Crippen molar-refractivity contribution in [1.29, 1.82) is 0 Å². The van der Waals surface area contributed by atoms with E-state index in [1.807, 2.05) is 0 Å². The Bertz CT molecular complexity index is 421. The summed E-state index contributed by atoms with van der Waals surface area (Å²) in [4.78, 5) is 14.4. The summed E-state index contributed by atoms with van der Waals surface area (Å²) in [6, 6.07) is 0.842. The van der Waals surface area contributed by atoms with Crippen molar-refractivity contribution in [3.05, 3.63) is 28.0 Å². The minimum Gasteiger partial charge on any atom is -0.466 e. The van der Waals surface area contributed by atoms with Crippen LogP contribution >= 0.6 is 15.9 Å². The van der Waals surface area contributed by atoms with Crippen molar-refractivity contribution in [2.75, 3.05) is 6.61 Å². The highest BCUT2D eigenvalue weighted by atomic mass is 79.9. The maximum Gasteiger partial charge on any atom is 0.433 e. The first-order valence-electron chi connectivity index (χ1n) is 4.71. The monoisotopic (exact) mass is 311 g/mol. The zero-order chi connectivity index (χ0) is 13.1. The van der Waals surface area contributed by atoms with Gasteiger partial charge in [-0.25, -0.2) is 0 Å². The largest absolute Gasteiger partial charge is 0.466 e. The average molecular weight is 312 g/mol. The molecule has 3 nitrogen and oxygen atoms in total. The number of carbonyl (C=O) groups is 1. The van der Waals surface area contributed by atoms with Crippen LogP contribution in [0.2, 0.25) is 0 Å². The van der Waals surface area contributed by atoms with Crippen LogP contribution in [0.3, 0.4) is 0 Å². The molecule has 0 atom stereocenters. The molecule has 0 unspecified atom stereocenters. The first kappa shape index (κ1) is 14.0. The van der Waals surface area contributed by atoms with Crippen LogP contribution in [-0.2, 0) is 22.1 Å². The van der Waals surface area contributed by atoms with Crippen molar-refractivity contribution in [3.63, 3.8) is 0 Å². The second-order valence-corrected chi connectivity index (χ2v) is 3.99. The molecule has 0 aliphatic carbocycles. The highest BCUT2D eigenvalue weighted by Crippen LogP contribution is 2.30. The van der Waals surface area contributed by atoms with E-state index in [9.17, 15) is 18.0 Å². The van der Waals surface area contributed by atoms with E-state index in [1.165, 1.54) is 0 Å². The molecule has 0 amide bonds. The van der Waals surface area contributed by atoms with Crippen LogP contribution in [-0.4, -0.2) is 17.6 Å². The van der Waals surface area contributed by atoms with Crippen LogP contribution in [0.5, 0.6) is 0 Å². The molecule has 0 bridgehead atoms. The van der Waals surface area contributed by atoms with Gasteiger partial charge in [0.2, 0.25) is 0 Å². The number of aromatic nitrogens is 1. The van der Waals surface area contributed by atoms with Crippen LogP contribution in [0.15, 0.2) is 16.7 Å². The number of hydrogen-bond acceptors (Lipinski definition) is 3. The SMILES string of the molecule is CCOC(=O)Cc1cnc(C(F)(F)F)cc1Br. The third kappa shape index (κ3) is 3.99. The lowest BCUT2D eigenvalue weighted by Crippen LogP contribution is -2.11. The second-order valence-electron chi connectivity index (χ2n) is 3.14. The Kier molecular flexibility index (Phi) is 4.50. The fourth-order valence-electron chi connectivity index (χ4n) is 1.11. The maximum absolute atomic E-state index is 12.3. The zero-order valence-corrected chi connectivity index (χ0v) is 10.4. The van der Waals surface area contributed by atoms with Gasteiger partial charge in [-0.05, 0) is 18.6 Å². The van der Waals surface area contributed by atoms with Gasteiger partial charge in [0.1, 0.15) is 5.69 Å². The van der Waals surface area contributed by atoms with Gasteiger partial charge in [0.05, 0.1) is 13.0 Å². The van der Waals surface area contributed by atoms with E-state index in [0.717, 1.165) is 12.3 Å². The van der Waals surface area contributed by atoms with E-state index in [1.54, 1.807) is 6.92 Å². The Labute approximate surface area is 104 Å². The van der Waals surface area contributed by atoms with E-state index >= 15 is 0 Å². The third-order valence-electron chi connectivity index (χ3n) is 1.86. The molecule has 0 N–H and O–H groups in total. The Balaban J connectivity index is 2.87. The first-order chi connectivity index (χ1) is 7.84. The summed E-state index contributed by atoms with van der Waals surface area (Å²) in [6.07, 6.45) is -3.59. The highest BCUT2D eigenvalue weighted by molar-refractivity contribution is 9.10. The third-order valence-corrected chi connectivity index (χ3v) is 2.60. The van der Waals surface area contributed by atoms with Crippen molar-refractivity contribution in [1.82, 2.24) is 4.98 Å². The number of alkyl halides is 3. The summed E-state index contributed by atoms with van der Waals surface area (Å²) in [5, 5.41) is 0. The number of pyridine rings is 1. The Morgan fingerprint density at radius 2 is 2.18 bits per heavy atom. The number of esters is 1. The van der Waals surface area contributed by atoms with Gasteiger partial charge in [-0.3, -0.25) is 9.78 Å². The lowest BCUT2D eigenvalue weighted by Gasteiger charge is -2.08. The molecular weight excluding hydrogens is 303 g/mol. The van der Waals surface area contributed by atoms with Gasteiger partial charge in [0.15, 0.2) is 0 Å². The summed E-state index contributed by atoms with van der Waals surface area (Å²) < 4.78 is 41.8. The summed E-state index contributed by atoms with van der Waals surface area (Å²) in [6.45, 7) is 1.88. The Morgan fingerprint density at radius 3 is 2.65 bits per heavy atom. The average Bonchev–Trinajstić information content (AvgIpc) is 2.20. The van der Waals surface area contributed by atoms with Gasteiger partial charge in [-0.15, -0.1) is 0 Å². The lowest BCUT2D eigenvalue weighted by molar-refractivity contribution is -0.142. The number of ether oxygens (including phenoxy) is 1. The quantitative estimate of drug-likeness (QED) is 0.806. The molecule has 0 saturated carbocycles. The fourth-order valence-corrected chi connectivity index (χ4v) is 1.57. The second kappa shape index (κ2) is 5.48. The molecule has 0 aliphatic rings. The normalized spacial score (nSPS) is 11.4. The lowest BCUT2D eigenvalue weighted by atomic mass is 10.2. The maximum atomic E-state index is 12.3. The Hall–Kier alpha value is -1.11. The van der Waals surface area contributed by atoms with Crippen LogP contribution in [0, 0.1) is 0 Å². The molecule has 17 heavy (non-hydrogen) atoms. The van der Waals surface area contributed by atoms with Crippen LogP contribution in [0.25, 0.3) is 0 Å². The molecule has 7 heteroatoms. The molecule has 0 fully saturated rings.